The van der Waals surface area contributed by atoms with E-state index in [4.69, 9.17) is 0 Å². The molecule has 1 aromatic carbocycles. The molecule has 0 unspecified atom stereocenters. The second-order valence-corrected chi connectivity index (χ2v) is 7.83. The fraction of sp³-hybridized carbons (Fsp3) is 0.579. The van der Waals surface area contributed by atoms with Crippen LogP contribution < -0.4 is 10.6 Å². The van der Waals surface area contributed by atoms with Crippen LogP contribution in [0.15, 0.2) is 27.7 Å². The Bertz CT molecular complexity index is 663. The third-order valence-corrected chi connectivity index (χ3v) is 5.55. The van der Waals surface area contributed by atoms with Gasteiger partial charge in [0.05, 0.1) is 12.0 Å². The number of aliphatic imine (C=N–C) groups is 1. The van der Waals surface area contributed by atoms with Gasteiger partial charge in [0, 0.05) is 31.7 Å². The summed E-state index contributed by atoms with van der Waals surface area (Å²) in [5.41, 5.74) is 0.418. The second-order valence-electron chi connectivity index (χ2n) is 6.97. The maximum atomic E-state index is 13.4. The van der Waals surface area contributed by atoms with E-state index in [-0.39, 0.29) is 41.1 Å². The summed E-state index contributed by atoms with van der Waals surface area (Å²) < 4.78 is 14.3. The number of nitrogens with one attached hydrogen (secondary N) is 2. The number of amides is 1. The number of guanidine groups is 1. The van der Waals surface area contributed by atoms with Gasteiger partial charge in [0.25, 0.3) is 0 Å². The quantitative estimate of drug-likeness (QED) is 0.318. The molecule has 1 aliphatic carbocycles. The summed E-state index contributed by atoms with van der Waals surface area (Å²) >= 11 is 3.43. The minimum absolute atomic E-state index is 0. The first-order valence-electron chi connectivity index (χ1n) is 9.06. The normalized spacial score (nSPS) is 15.8. The van der Waals surface area contributed by atoms with Crippen LogP contribution in [0.5, 0.6) is 0 Å². The van der Waals surface area contributed by atoms with Gasteiger partial charge in [-0.15, -0.1) is 24.0 Å². The Balaban J connectivity index is 0.00000364. The average molecular weight is 555 g/mol. The van der Waals surface area contributed by atoms with Gasteiger partial charge >= 0.3 is 0 Å². The van der Waals surface area contributed by atoms with Crippen LogP contribution in [0.4, 0.5) is 4.39 Å². The minimum atomic E-state index is -0.362. The van der Waals surface area contributed by atoms with Crippen LogP contribution >= 0.6 is 39.9 Å². The van der Waals surface area contributed by atoms with Gasteiger partial charge in [0.1, 0.15) is 5.82 Å². The second kappa shape index (κ2) is 11.2. The van der Waals surface area contributed by atoms with Crippen molar-refractivity contribution in [1.29, 1.82) is 0 Å². The molecule has 5 nitrogen and oxygen atoms in total. The lowest BCUT2D eigenvalue weighted by atomic mass is 9.84. The Kier molecular flexibility index (Phi) is 10.0. The highest BCUT2D eigenvalue weighted by molar-refractivity contribution is 14.0. The minimum Gasteiger partial charge on any atom is -0.357 e. The number of benzene rings is 1. The highest BCUT2D eigenvalue weighted by Crippen LogP contribution is 2.38. The molecule has 2 N–H and O–H groups in total. The maximum Gasteiger partial charge on any atom is 0.230 e. The van der Waals surface area contributed by atoms with Crippen molar-refractivity contribution in [3.05, 3.63) is 34.1 Å². The molecule has 1 amide bonds. The van der Waals surface area contributed by atoms with E-state index in [0.717, 1.165) is 35.7 Å². The van der Waals surface area contributed by atoms with Crippen molar-refractivity contribution < 1.29 is 9.18 Å². The Hall–Kier alpha value is -0.900. The predicted octanol–water partition coefficient (Wildman–Crippen LogP) is 3.91. The summed E-state index contributed by atoms with van der Waals surface area (Å²) in [5.74, 6) is 0.533. The Morgan fingerprint density at radius 2 is 1.96 bits per heavy atom. The standard InChI is InChI=1S/C19H28BrFN4O.HI/c1-4-22-18(23-12-14-11-15(21)7-8-16(14)20)24-13-19(9-5-6-10-19)17(26)25(2)3;/h7-8,11H,4-6,9-10,12-13H2,1-3H3,(H2,22,23,24);1H. The van der Waals surface area contributed by atoms with Crippen LogP contribution in [0, 0.1) is 11.2 Å². The molecule has 0 aliphatic heterocycles. The molecule has 1 saturated carbocycles. The molecule has 0 radical (unpaired) electrons. The van der Waals surface area contributed by atoms with E-state index < -0.39 is 0 Å². The van der Waals surface area contributed by atoms with Crippen LogP contribution in [0.1, 0.15) is 38.2 Å². The average Bonchev–Trinajstić information content (AvgIpc) is 3.09. The number of carbonyl (C=O) groups is 1. The number of nitrogens with zero attached hydrogens (tertiary/aromatic N) is 2. The molecule has 152 valence electrons. The van der Waals surface area contributed by atoms with Gasteiger partial charge in [0.2, 0.25) is 5.91 Å². The van der Waals surface area contributed by atoms with E-state index in [1.165, 1.54) is 12.1 Å². The number of hydrogen-bond acceptors (Lipinski definition) is 2. The summed E-state index contributed by atoms with van der Waals surface area (Å²) in [7, 11) is 3.62. The molecule has 8 heteroatoms. The summed E-state index contributed by atoms with van der Waals surface area (Å²) in [6.07, 6.45) is 3.94. The smallest absolute Gasteiger partial charge is 0.230 e. The first kappa shape index (κ1) is 24.1. The molecule has 0 atom stereocenters. The zero-order valence-electron chi connectivity index (χ0n) is 16.1. The van der Waals surface area contributed by atoms with Crippen molar-refractivity contribution in [3.63, 3.8) is 0 Å². The lowest BCUT2D eigenvalue weighted by Gasteiger charge is -2.31. The van der Waals surface area contributed by atoms with Crippen molar-refractivity contribution in [2.24, 2.45) is 10.4 Å². The zero-order chi connectivity index (χ0) is 19.2. The topological polar surface area (TPSA) is 56.7 Å². The zero-order valence-corrected chi connectivity index (χ0v) is 20.1. The highest BCUT2D eigenvalue weighted by atomic mass is 127. The Labute approximate surface area is 186 Å². The van der Waals surface area contributed by atoms with Crippen LogP contribution in [0.25, 0.3) is 0 Å². The summed E-state index contributed by atoms with van der Waals surface area (Å²) in [4.78, 5) is 18.9. The fourth-order valence-corrected chi connectivity index (χ4v) is 3.79. The van der Waals surface area contributed by atoms with Gasteiger partial charge in [-0.2, -0.15) is 0 Å². The first-order chi connectivity index (χ1) is 12.4. The SMILES string of the molecule is CCNC(=NCc1cc(F)ccc1Br)NCC1(C(=O)N(C)C)CCCC1.I. The van der Waals surface area contributed by atoms with Crippen LogP contribution in [0.3, 0.4) is 0 Å². The molecule has 1 aromatic rings. The third-order valence-electron chi connectivity index (χ3n) is 4.77. The van der Waals surface area contributed by atoms with E-state index in [1.54, 1.807) is 11.0 Å². The maximum absolute atomic E-state index is 13.4. The van der Waals surface area contributed by atoms with Gasteiger partial charge in [-0.05, 0) is 43.5 Å². The molecular formula is C19H29BrFIN4O. The molecular weight excluding hydrogens is 526 g/mol. The molecule has 1 aliphatic rings. The molecule has 0 bridgehead atoms. The monoisotopic (exact) mass is 554 g/mol. The lowest BCUT2D eigenvalue weighted by Crippen LogP contribution is -2.49. The number of hydrogen-bond donors (Lipinski definition) is 2. The molecule has 0 heterocycles. The van der Waals surface area contributed by atoms with E-state index in [9.17, 15) is 9.18 Å². The lowest BCUT2D eigenvalue weighted by molar-refractivity contribution is -0.138. The molecule has 1 fully saturated rings. The summed E-state index contributed by atoms with van der Waals surface area (Å²) in [6, 6.07) is 4.58. The van der Waals surface area contributed by atoms with Crippen molar-refractivity contribution in [3.8, 4) is 0 Å². The Morgan fingerprint density at radius 1 is 1.30 bits per heavy atom. The highest BCUT2D eigenvalue weighted by Gasteiger charge is 2.42. The molecule has 0 aromatic heterocycles. The Morgan fingerprint density at radius 3 is 2.56 bits per heavy atom. The van der Waals surface area contributed by atoms with E-state index in [0.29, 0.717) is 25.6 Å². The van der Waals surface area contributed by atoms with Gasteiger partial charge in [0.15, 0.2) is 5.96 Å². The molecule has 0 saturated heterocycles. The van der Waals surface area contributed by atoms with E-state index in [2.05, 4.69) is 31.6 Å². The molecule has 27 heavy (non-hydrogen) atoms. The van der Waals surface area contributed by atoms with Crippen molar-refractivity contribution in [2.75, 3.05) is 27.2 Å². The third kappa shape index (κ3) is 6.58. The van der Waals surface area contributed by atoms with Crippen molar-refractivity contribution in [2.45, 2.75) is 39.2 Å². The summed E-state index contributed by atoms with van der Waals surface area (Å²) in [5, 5.41) is 6.53. The molecule has 0 spiro atoms. The number of halogens is 3. The van der Waals surface area contributed by atoms with Crippen molar-refractivity contribution in [1.82, 2.24) is 15.5 Å². The van der Waals surface area contributed by atoms with Crippen LogP contribution in [-0.2, 0) is 11.3 Å². The van der Waals surface area contributed by atoms with Gasteiger partial charge < -0.3 is 15.5 Å². The number of rotatable bonds is 6. The van der Waals surface area contributed by atoms with E-state index >= 15 is 0 Å². The van der Waals surface area contributed by atoms with Crippen molar-refractivity contribution >= 4 is 51.8 Å². The van der Waals surface area contributed by atoms with Gasteiger partial charge in [-0.25, -0.2) is 9.38 Å². The van der Waals surface area contributed by atoms with Crippen LogP contribution in [0.2, 0.25) is 0 Å². The predicted molar refractivity (Wildman–Crippen MR) is 122 cm³/mol. The summed E-state index contributed by atoms with van der Waals surface area (Å²) in [6.45, 7) is 3.61. The van der Waals surface area contributed by atoms with Gasteiger partial charge in [-0.1, -0.05) is 28.8 Å². The molecule has 2 rings (SSSR count). The van der Waals surface area contributed by atoms with E-state index in [1.807, 2.05) is 21.0 Å². The fourth-order valence-electron chi connectivity index (χ4n) is 3.42. The van der Waals surface area contributed by atoms with Gasteiger partial charge in [-0.3, -0.25) is 4.79 Å². The number of carbonyl (C=O) groups excluding carboxylic acids is 1. The van der Waals surface area contributed by atoms with Crippen LogP contribution in [-0.4, -0.2) is 44.0 Å². The first-order valence-corrected chi connectivity index (χ1v) is 9.85. The largest absolute Gasteiger partial charge is 0.357 e.